The van der Waals surface area contributed by atoms with Gasteiger partial charge in [-0.15, -0.1) is 0 Å². The van der Waals surface area contributed by atoms with E-state index in [1.165, 1.54) is 24.8 Å². The van der Waals surface area contributed by atoms with Crippen LogP contribution in [0.2, 0.25) is 0 Å². The molecule has 0 saturated carbocycles. The predicted molar refractivity (Wildman–Crippen MR) is 66.3 cm³/mol. The molecule has 0 amide bonds. The van der Waals surface area contributed by atoms with Crippen LogP contribution < -0.4 is 4.74 Å². The van der Waals surface area contributed by atoms with Crippen LogP contribution in [0.1, 0.15) is 47.7 Å². The van der Waals surface area contributed by atoms with Crippen LogP contribution in [0.4, 0.5) is 0 Å². The van der Waals surface area contributed by atoms with E-state index in [1.807, 2.05) is 19.1 Å². The molecule has 0 radical (unpaired) electrons. The van der Waals surface area contributed by atoms with Crippen molar-refractivity contribution in [2.75, 3.05) is 7.11 Å². The largest absolute Gasteiger partial charge is 0.496 e. The zero-order valence-corrected chi connectivity index (χ0v) is 10.4. The first-order valence-corrected chi connectivity index (χ1v) is 5.85. The molecule has 1 aromatic carbocycles. The standard InChI is InChI=1S/C14H20O2/c1-4-5-6-7-13-11(2)8-12(10-15)9-14(13)16-3/h8-10H,4-7H2,1-3H3. The lowest BCUT2D eigenvalue weighted by molar-refractivity contribution is 0.112. The summed E-state index contributed by atoms with van der Waals surface area (Å²) in [7, 11) is 1.66. The zero-order chi connectivity index (χ0) is 12.0. The summed E-state index contributed by atoms with van der Waals surface area (Å²) in [6, 6.07) is 3.75. The van der Waals surface area contributed by atoms with Crippen LogP contribution in [0.5, 0.6) is 5.75 Å². The van der Waals surface area contributed by atoms with Gasteiger partial charge >= 0.3 is 0 Å². The molecule has 0 atom stereocenters. The van der Waals surface area contributed by atoms with Gasteiger partial charge in [0.2, 0.25) is 0 Å². The van der Waals surface area contributed by atoms with Gasteiger partial charge in [-0.3, -0.25) is 4.79 Å². The van der Waals surface area contributed by atoms with Crippen LogP contribution >= 0.6 is 0 Å². The minimum absolute atomic E-state index is 0.689. The molecule has 1 rings (SSSR count). The molecule has 0 heterocycles. The van der Waals surface area contributed by atoms with Gasteiger partial charge in [0.25, 0.3) is 0 Å². The van der Waals surface area contributed by atoms with E-state index in [2.05, 4.69) is 6.92 Å². The lowest BCUT2D eigenvalue weighted by atomic mass is 9.99. The SMILES string of the molecule is CCCCCc1c(C)cc(C=O)cc1OC. The maximum absolute atomic E-state index is 10.7. The number of carbonyl (C=O) groups excluding carboxylic acids is 1. The third-order valence-corrected chi connectivity index (χ3v) is 2.84. The second-order valence-corrected chi connectivity index (χ2v) is 4.09. The molecule has 0 aliphatic rings. The number of carbonyl (C=O) groups is 1. The minimum Gasteiger partial charge on any atom is -0.496 e. The molecule has 0 unspecified atom stereocenters. The van der Waals surface area contributed by atoms with Crippen molar-refractivity contribution >= 4 is 6.29 Å². The highest BCUT2D eigenvalue weighted by Gasteiger charge is 2.08. The fourth-order valence-corrected chi connectivity index (χ4v) is 1.93. The molecule has 88 valence electrons. The molecular formula is C14H20O2. The van der Waals surface area contributed by atoms with Gasteiger partial charge < -0.3 is 4.74 Å². The molecule has 1 aromatic rings. The topological polar surface area (TPSA) is 26.3 Å². The average Bonchev–Trinajstić information content (AvgIpc) is 2.30. The molecule has 16 heavy (non-hydrogen) atoms. The lowest BCUT2D eigenvalue weighted by Crippen LogP contribution is -1.98. The number of aryl methyl sites for hydroxylation is 1. The highest BCUT2D eigenvalue weighted by Crippen LogP contribution is 2.25. The first-order valence-electron chi connectivity index (χ1n) is 5.85. The van der Waals surface area contributed by atoms with Crippen molar-refractivity contribution in [3.63, 3.8) is 0 Å². The van der Waals surface area contributed by atoms with E-state index in [1.54, 1.807) is 7.11 Å². The number of aldehydes is 1. The molecule has 0 bridgehead atoms. The van der Waals surface area contributed by atoms with Gasteiger partial charge in [0.05, 0.1) is 7.11 Å². The molecule has 0 saturated heterocycles. The van der Waals surface area contributed by atoms with Gasteiger partial charge in [-0.1, -0.05) is 19.8 Å². The van der Waals surface area contributed by atoms with Crippen molar-refractivity contribution in [2.45, 2.75) is 39.5 Å². The summed E-state index contributed by atoms with van der Waals surface area (Å²) >= 11 is 0. The first-order chi connectivity index (χ1) is 7.72. The smallest absolute Gasteiger partial charge is 0.150 e. The summed E-state index contributed by atoms with van der Waals surface area (Å²) in [6.45, 7) is 4.23. The highest BCUT2D eigenvalue weighted by molar-refractivity contribution is 5.76. The van der Waals surface area contributed by atoms with Crippen molar-refractivity contribution in [3.8, 4) is 5.75 Å². The summed E-state index contributed by atoms with van der Waals surface area (Å²) in [5.41, 5.74) is 3.08. The van der Waals surface area contributed by atoms with Gasteiger partial charge in [0.15, 0.2) is 0 Å². The fourth-order valence-electron chi connectivity index (χ4n) is 1.93. The van der Waals surface area contributed by atoms with Crippen LogP contribution in [0.25, 0.3) is 0 Å². The van der Waals surface area contributed by atoms with Gasteiger partial charge in [-0.25, -0.2) is 0 Å². The van der Waals surface area contributed by atoms with Crippen molar-refractivity contribution in [3.05, 3.63) is 28.8 Å². The molecule has 0 aliphatic carbocycles. The summed E-state index contributed by atoms with van der Waals surface area (Å²) in [5.74, 6) is 0.846. The highest BCUT2D eigenvalue weighted by atomic mass is 16.5. The van der Waals surface area contributed by atoms with Gasteiger partial charge in [-0.05, 0) is 43.0 Å². The number of rotatable bonds is 6. The Bertz CT molecular complexity index is 356. The Hall–Kier alpha value is -1.31. The van der Waals surface area contributed by atoms with Crippen molar-refractivity contribution in [1.29, 1.82) is 0 Å². The number of benzene rings is 1. The molecule has 0 aliphatic heterocycles. The summed E-state index contributed by atoms with van der Waals surface area (Å²) in [4.78, 5) is 10.7. The third-order valence-electron chi connectivity index (χ3n) is 2.84. The van der Waals surface area contributed by atoms with Crippen LogP contribution in [-0.4, -0.2) is 13.4 Å². The molecule has 2 nitrogen and oxygen atoms in total. The Morgan fingerprint density at radius 2 is 2.06 bits per heavy atom. The summed E-state index contributed by atoms with van der Waals surface area (Å²) < 4.78 is 5.34. The number of methoxy groups -OCH3 is 1. The Morgan fingerprint density at radius 1 is 1.31 bits per heavy atom. The molecule has 0 fully saturated rings. The Kier molecular flexibility index (Phi) is 5.03. The minimum atomic E-state index is 0.689. The molecule has 0 spiro atoms. The Labute approximate surface area is 97.6 Å². The molecular weight excluding hydrogens is 200 g/mol. The molecule has 2 heteroatoms. The van der Waals surface area contributed by atoms with E-state index < -0.39 is 0 Å². The van der Waals surface area contributed by atoms with E-state index in [9.17, 15) is 4.79 Å². The van der Waals surface area contributed by atoms with Gasteiger partial charge in [0, 0.05) is 5.56 Å². The number of unbranched alkanes of at least 4 members (excludes halogenated alkanes) is 2. The quantitative estimate of drug-likeness (QED) is 0.541. The number of hydrogen-bond donors (Lipinski definition) is 0. The maximum Gasteiger partial charge on any atom is 0.150 e. The van der Waals surface area contributed by atoms with Crippen molar-refractivity contribution in [1.82, 2.24) is 0 Å². The lowest BCUT2D eigenvalue weighted by Gasteiger charge is -2.12. The second-order valence-electron chi connectivity index (χ2n) is 4.09. The first kappa shape index (κ1) is 12.8. The number of ether oxygens (including phenoxy) is 1. The molecule has 0 N–H and O–H groups in total. The van der Waals surface area contributed by atoms with Gasteiger partial charge in [0.1, 0.15) is 12.0 Å². The van der Waals surface area contributed by atoms with Crippen LogP contribution in [0.15, 0.2) is 12.1 Å². The van der Waals surface area contributed by atoms with E-state index in [0.29, 0.717) is 5.56 Å². The summed E-state index contributed by atoms with van der Waals surface area (Å²) in [5, 5.41) is 0. The summed E-state index contributed by atoms with van der Waals surface area (Å²) in [6.07, 6.45) is 5.52. The van der Waals surface area contributed by atoms with Crippen LogP contribution in [-0.2, 0) is 6.42 Å². The predicted octanol–water partition coefficient (Wildman–Crippen LogP) is 3.55. The average molecular weight is 220 g/mol. The van der Waals surface area contributed by atoms with E-state index in [-0.39, 0.29) is 0 Å². The second kappa shape index (κ2) is 6.31. The van der Waals surface area contributed by atoms with E-state index in [4.69, 9.17) is 4.74 Å². The van der Waals surface area contributed by atoms with Crippen LogP contribution in [0, 0.1) is 6.92 Å². The van der Waals surface area contributed by atoms with E-state index >= 15 is 0 Å². The van der Waals surface area contributed by atoms with Crippen LogP contribution in [0.3, 0.4) is 0 Å². The Balaban J connectivity index is 2.92. The number of hydrogen-bond acceptors (Lipinski definition) is 2. The Morgan fingerprint density at radius 3 is 2.62 bits per heavy atom. The maximum atomic E-state index is 10.7. The van der Waals surface area contributed by atoms with Crippen molar-refractivity contribution in [2.24, 2.45) is 0 Å². The van der Waals surface area contributed by atoms with Gasteiger partial charge in [-0.2, -0.15) is 0 Å². The normalized spacial score (nSPS) is 10.2. The monoisotopic (exact) mass is 220 g/mol. The molecule has 0 aromatic heterocycles. The third kappa shape index (κ3) is 3.09. The van der Waals surface area contributed by atoms with E-state index in [0.717, 1.165) is 24.0 Å². The van der Waals surface area contributed by atoms with Crippen molar-refractivity contribution < 1.29 is 9.53 Å². The zero-order valence-electron chi connectivity index (χ0n) is 10.4. The fraction of sp³-hybridized carbons (Fsp3) is 0.500.